The molecule has 1 aliphatic carbocycles. The number of hydrogen-bond acceptors (Lipinski definition) is 3. The Morgan fingerprint density at radius 2 is 1.50 bits per heavy atom. The summed E-state index contributed by atoms with van der Waals surface area (Å²) in [7, 11) is 0. The molecule has 0 spiro atoms. The molecule has 4 aliphatic rings. The van der Waals surface area contributed by atoms with E-state index in [-0.39, 0.29) is 18.0 Å². The van der Waals surface area contributed by atoms with Crippen molar-refractivity contribution in [1.29, 1.82) is 0 Å². The van der Waals surface area contributed by atoms with Gasteiger partial charge in [0.1, 0.15) is 0 Å². The van der Waals surface area contributed by atoms with Gasteiger partial charge in [0.2, 0.25) is 0 Å². The highest BCUT2D eigenvalue weighted by Crippen LogP contribution is 2.41. The van der Waals surface area contributed by atoms with Crippen LogP contribution in [0.15, 0.2) is 118 Å². The van der Waals surface area contributed by atoms with Gasteiger partial charge in [-0.15, -0.1) is 0 Å². The van der Waals surface area contributed by atoms with E-state index in [1.807, 2.05) is 0 Å². The molecule has 8 rings (SSSR count). The molecule has 3 nitrogen and oxygen atoms in total. The standard InChI is InChI=1S/C39H39N3/c1-22(2)34-17-13-27-12-16-32-33(19-35(23(3)4)42-39(32)38(27)41-34)29-18-28(20-40-21-29)30-14-10-26-9-8-24-6-5-7-25-11-15-31(30)37(26)36(24)25/h5-19,21-23,27-28,34-35,38,41-42H,20H2,1-4H3/t27?,28?,34-,35?,38?/m0/s1. The van der Waals surface area contributed by atoms with Crippen LogP contribution in [-0.4, -0.2) is 30.9 Å². The summed E-state index contributed by atoms with van der Waals surface area (Å²) >= 11 is 0. The van der Waals surface area contributed by atoms with Crippen LogP contribution >= 0.6 is 0 Å². The first-order chi connectivity index (χ1) is 20.5. The maximum atomic E-state index is 5.00. The van der Waals surface area contributed by atoms with Crippen LogP contribution in [-0.2, 0) is 0 Å². The predicted molar refractivity (Wildman–Crippen MR) is 179 cm³/mol. The average molecular weight is 550 g/mol. The number of dihydropyridines is 2. The van der Waals surface area contributed by atoms with E-state index in [2.05, 4.69) is 136 Å². The molecule has 210 valence electrons. The van der Waals surface area contributed by atoms with E-state index in [4.69, 9.17) is 4.99 Å². The second-order valence-electron chi connectivity index (χ2n) is 13.3. The molecule has 0 saturated heterocycles. The Morgan fingerprint density at radius 3 is 2.29 bits per heavy atom. The number of fused-ring (bicyclic) bond motifs is 2. The smallest absolute Gasteiger partial charge is 0.0579 e. The molecule has 42 heavy (non-hydrogen) atoms. The van der Waals surface area contributed by atoms with Gasteiger partial charge in [0.25, 0.3) is 0 Å². The molecule has 2 N–H and O–H groups in total. The van der Waals surface area contributed by atoms with E-state index >= 15 is 0 Å². The zero-order chi connectivity index (χ0) is 28.5. The highest BCUT2D eigenvalue weighted by Gasteiger charge is 2.37. The summed E-state index contributed by atoms with van der Waals surface area (Å²) in [6.45, 7) is 10.0. The van der Waals surface area contributed by atoms with Crippen LogP contribution in [0.25, 0.3) is 32.3 Å². The molecule has 4 aromatic carbocycles. The Labute approximate surface area is 248 Å². The number of allylic oxidation sites excluding steroid dienone is 4. The van der Waals surface area contributed by atoms with Crippen LogP contribution in [0.3, 0.4) is 0 Å². The molecular formula is C39H39N3. The largest absolute Gasteiger partial charge is 0.380 e. The van der Waals surface area contributed by atoms with Crippen LogP contribution < -0.4 is 10.6 Å². The first-order valence-corrected chi connectivity index (χ1v) is 15.7. The van der Waals surface area contributed by atoms with E-state index in [9.17, 15) is 0 Å². The van der Waals surface area contributed by atoms with E-state index in [0.29, 0.717) is 23.8 Å². The first-order valence-electron chi connectivity index (χ1n) is 15.7. The zero-order valence-corrected chi connectivity index (χ0v) is 24.9. The van der Waals surface area contributed by atoms with Gasteiger partial charge in [-0.3, -0.25) is 4.99 Å². The Hall–Kier alpha value is -3.95. The summed E-state index contributed by atoms with van der Waals surface area (Å²) in [5.74, 6) is 1.63. The fourth-order valence-electron chi connectivity index (χ4n) is 7.57. The third kappa shape index (κ3) is 4.01. The Bertz CT molecular complexity index is 1880. The SMILES string of the molecule is CC(C)C1C=C(C2=CC(c3ccc4ccc5cccc6ccc3c4c56)CN=C2)C2=C(N1)C1N[C@H](C(C)C)C=CC1C=C2. The van der Waals surface area contributed by atoms with Crippen LogP contribution in [0.5, 0.6) is 0 Å². The summed E-state index contributed by atoms with van der Waals surface area (Å²) in [6.07, 6.45) is 16.6. The van der Waals surface area contributed by atoms with Crippen LogP contribution in [0.1, 0.15) is 39.2 Å². The fourth-order valence-corrected chi connectivity index (χ4v) is 7.57. The van der Waals surface area contributed by atoms with Crippen LogP contribution in [0, 0.1) is 17.8 Å². The second kappa shape index (κ2) is 9.81. The van der Waals surface area contributed by atoms with E-state index in [1.165, 1.54) is 60.3 Å². The Balaban J connectivity index is 1.23. The highest BCUT2D eigenvalue weighted by molar-refractivity contribution is 6.23. The minimum absolute atomic E-state index is 0.230. The summed E-state index contributed by atoms with van der Waals surface area (Å²) in [5.41, 5.74) is 6.59. The van der Waals surface area contributed by atoms with Gasteiger partial charge >= 0.3 is 0 Å². The van der Waals surface area contributed by atoms with Crippen molar-refractivity contribution >= 4 is 38.5 Å². The molecule has 3 heteroatoms. The van der Waals surface area contributed by atoms with Crippen LogP contribution in [0.2, 0.25) is 0 Å². The lowest BCUT2D eigenvalue weighted by molar-refractivity contribution is 0.352. The van der Waals surface area contributed by atoms with Crippen molar-refractivity contribution in [2.75, 3.05) is 6.54 Å². The number of nitrogens with zero attached hydrogens (tertiary/aromatic N) is 1. The lowest BCUT2D eigenvalue weighted by Crippen LogP contribution is -2.53. The fraction of sp³-hybridized carbons (Fsp3) is 0.308. The third-order valence-electron chi connectivity index (χ3n) is 9.96. The molecule has 0 amide bonds. The number of benzene rings is 4. The molecule has 0 fully saturated rings. The molecule has 3 aliphatic heterocycles. The lowest BCUT2D eigenvalue weighted by Gasteiger charge is -2.42. The van der Waals surface area contributed by atoms with Gasteiger partial charge < -0.3 is 10.6 Å². The van der Waals surface area contributed by atoms with Crippen molar-refractivity contribution in [3.05, 3.63) is 119 Å². The normalized spacial score (nSPS) is 27.1. The van der Waals surface area contributed by atoms with Crippen molar-refractivity contribution in [3.8, 4) is 0 Å². The topological polar surface area (TPSA) is 36.4 Å². The zero-order valence-electron chi connectivity index (χ0n) is 24.9. The molecule has 4 aromatic rings. The minimum Gasteiger partial charge on any atom is -0.380 e. The molecule has 3 heterocycles. The maximum Gasteiger partial charge on any atom is 0.0579 e. The third-order valence-corrected chi connectivity index (χ3v) is 9.96. The van der Waals surface area contributed by atoms with Gasteiger partial charge in [0.05, 0.1) is 6.04 Å². The number of hydrogen-bond donors (Lipinski definition) is 2. The Morgan fingerprint density at radius 1 is 0.762 bits per heavy atom. The predicted octanol–water partition coefficient (Wildman–Crippen LogP) is 8.23. The van der Waals surface area contributed by atoms with E-state index in [0.717, 1.165) is 6.54 Å². The molecule has 4 unspecified atom stereocenters. The Kier molecular flexibility index (Phi) is 6.01. The van der Waals surface area contributed by atoms with Crippen molar-refractivity contribution < 1.29 is 0 Å². The maximum absolute atomic E-state index is 5.00. The molecule has 5 atom stereocenters. The van der Waals surface area contributed by atoms with Crippen LogP contribution in [0.4, 0.5) is 0 Å². The number of nitrogens with one attached hydrogen (secondary N) is 2. The quantitative estimate of drug-likeness (QED) is 0.199. The molecule has 0 saturated carbocycles. The highest BCUT2D eigenvalue weighted by atomic mass is 15.1. The van der Waals surface area contributed by atoms with Gasteiger partial charge in [0.15, 0.2) is 0 Å². The summed E-state index contributed by atoms with van der Waals surface area (Å²) in [6, 6.07) is 21.4. The molecule has 0 radical (unpaired) electrons. The number of rotatable bonds is 4. The van der Waals surface area contributed by atoms with Crippen molar-refractivity contribution in [3.63, 3.8) is 0 Å². The minimum atomic E-state index is 0.230. The van der Waals surface area contributed by atoms with Crippen molar-refractivity contribution in [2.24, 2.45) is 22.7 Å². The van der Waals surface area contributed by atoms with Crippen molar-refractivity contribution in [2.45, 2.75) is 51.7 Å². The molecule has 0 bridgehead atoms. The molecule has 0 aromatic heterocycles. The summed E-state index contributed by atoms with van der Waals surface area (Å²) < 4.78 is 0. The van der Waals surface area contributed by atoms with Gasteiger partial charge in [-0.05, 0) is 60.9 Å². The number of aliphatic imine (C=N–C) groups is 1. The average Bonchev–Trinajstić information content (AvgIpc) is 3.02. The molecular weight excluding hydrogens is 510 g/mol. The first kappa shape index (κ1) is 25.7. The summed E-state index contributed by atoms with van der Waals surface area (Å²) in [5, 5.41) is 16.0. The van der Waals surface area contributed by atoms with Gasteiger partial charge in [-0.25, -0.2) is 0 Å². The van der Waals surface area contributed by atoms with Gasteiger partial charge in [-0.1, -0.05) is 119 Å². The van der Waals surface area contributed by atoms with E-state index in [1.54, 1.807) is 0 Å². The monoisotopic (exact) mass is 549 g/mol. The van der Waals surface area contributed by atoms with Gasteiger partial charge in [0, 0.05) is 47.9 Å². The summed E-state index contributed by atoms with van der Waals surface area (Å²) in [4.78, 5) is 5.00. The van der Waals surface area contributed by atoms with E-state index < -0.39 is 0 Å². The second-order valence-corrected chi connectivity index (χ2v) is 13.3. The van der Waals surface area contributed by atoms with Crippen molar-refractivity contribution in [1.82, 2.24) is 10.6 Å². The van der Waals surface area contributed by atoms with Gasteiger partial charge in [-0.2, -0.15) is 0 Å². The lowest BCUT2D eigenvalue weighted by atomic mass is 9.77.